The van der Waals surface area contributed by atoms with E-state index in [1.165, 1.54) is 0 Å². The number of hydrogen-bond donors (Lipinski definition) is 2. The van der Waals surface area contributed by atoms with Gasteiger partial charge in [0.1, 0.15) is 0 Å². The maximum absolute atomic E-state index is 12.6. The third-order valence-electron chi connectivity index (χ3n) is 4.61. The van der Waals surface area contributed by atoms with Gasteiger partial charge in [-0.05, 0) is 61.4 Å². The van der Waals surface area contributed by atoms with Gasteiger partial charge in [-0.15, -0.1) is 0 Å². The number of rotatable bonds is 4. The van der Waals surface area contributed by atoms with Crippen molar-refractivity contribution in [2.45, 2.75) is 12.8 Å². The average molecular weight is 386 g/mol. The van der Waals surface area contributed by atoms with Crippen LogP contribution < -0.4 is 11.1 Å². The molecule has 1 aliphatic rings. The fraction of sp³-hybridized carbons (Fsp3) is 0.250. The predicted molar refractivity (Wildman–Crippen MR) is 104 cm³/mol. The summed E-state index contributed by atoms with van der Waals surface area (Å²) < 4.78 is 0. The molecule has 1 atom stereocenters. The van der Waals surface area contributed by atoms with Gasteiger partial charge in [-0.2, -0.15) is 0 Å². The van der Waals surface area contributed by atoms with Gasteiger partial charge in [0.2, 0.25) is 11.8 Å². The van der Waals surface area contributed by atoms with Gasteiger partial charge in [-0.1, -0.05) is 11.6 Å². The first kappa shape index (κ1) is 18.9. The zero-order valence-corrected chi connectivity index (χ0v) is 15.4. The first-order chi connectivity index (χ1) is 12.9. The number of nitrogens with one attached hydrogen (secondary N) is 1. The average Bonchev–Trinajstić information content (AvgIpc) is 2.68. The van der Waals surface area contributed by atoms with E-state index in [0.717, 1.165) is 12.8 Å². The van der Waals surface area contributed by atoms with Crippen LogP contribution in [0.5, 0.6) is 0 Å². The third kappa shape index (κ3) is 4.65. The van der Waals surface area contributed by atoms with E-state index in [0.29, 0.717) is 34.9 Å². The first-order valence-electron chi connectivity index (χ1n) is 8.69. The van der Waals surface area contributed by atoms with Crippen molar-refractivity contribution < 1.29 is 14.4 Å². The summed E-state index contributed by atoms with van der Waals surface area (Å²) in [7, 11) is 0. The van der Waals surface area contributed by atoms with E-state index in [4.69, 9.17) is 17.3 Å². The van der Waals surface area contributed by atoms with Crippen LogP contribution in [-0.4, -0.2) is 35.7 Å². The lowest BCUT2D eigenvalue weighted by Gasteiger charge is -2.32. The molecule has 2 aromatic carbocycles. The molecule has 1 unspecified atom stereocenters. The second-order valence-corrected chi connectivity index (χ2v) is 6.96. The standard InChI is InChI=1S/C20H20ClN3O3/c21-16-7-3-14(4-8-16)20(27)24-11-1-2-15(12-24)19(26)23-17-9-5-13(6-10-17)18(22)25/h3-10,15H,1-2,11-12H2,(H2,22,25)(H,23,26). The van der Waals surface area contributed by atoms with E-state index in [-0.39, 0.29) is 17.7 Å². The van der Waals surface area contributed by atoms with E-state index in [2.05, 4.69) is 5.32 Å². The molecule has 2 aromatic rings. The second-order valence-electron chi connectivity index (χ2n) is 6.53. The minimum atomic E-state index is -0.517. The maximum Gasteiger partial charge on any atom is 0.253 e. The van der Waals surface area contributed by atoms with Gasteiger partial charge < -0.3 is 16.0 Å². The Labute approximate surface area is 162 Å². The highest BCUT2D eigenvalue weighted by Gasteiger charge is 2.29. The summed E-state index contributed by atoms with van der Waals surface area (Å²) in [6.45, 7) is 0.991. The minimum absolute atomic E-state index is 0.102. The highest BCUT2D eigenvalue weighted by atomic mass is 35.5. The van der Waals surface area contributed by atoms with E-state index in [1.807, 2.05) is 0 Å². The Balaban J connectivity index is 1.63. The van der Waals surface area contributed by atoms with Crippen LogP contribution in [0, 0.1) is 5.92 Å². The van der Waals surface area contributed by atoms with Crippen molar-refractivity contribution in [1.29, 1.82) is 0 Å². The molecule has 6 nitrogen and oxygen atoms in total. The topological polar surface area (TPSA) is 92.5 Å². The first-order valence-corrected chi connectivity index (χ1v) is 9.07. The van der Waals surface area contributed by atoms with Crippen molar-refractivity contribution in [2.24, 2.45) is 11.7 Å². The molecule has 0 radical (unpaired) electrons. The fourth-order valence-corrected chi connectivity index (χ4v) is 3.24. The summed E-state index contributed by atoms with van der Waals surface area (Å²) in [5, 5.41) is 3.41. The van der Waals surface area contributed by atoms with Crippen molar-refractivity contribution >= 4 is 35.0 Å². The van der Waals surface area contributed by atoms with Crippen LogP contribution >= 0.6 is 11.6 Å². The fourth-order valence-electron chi connectivity index (χ4n) is 3.11. The summed E-state index contributed by atoms with van der Waals surface area (Å²) in [5.41, 5.74) is 6.74. The number of anilines is 1. The summed E-state index contributed by atoms with van der Waals surface area (Å²) >= 11 is 5.87. The van der Waals surface area contributed by atoms with Crippen molar-refractivity contribution in [3.63, 3.8) is 0 Å². The zero-order chi connectivity index (χ0) is 19.4. The smallest absolute Gasteiger partial charge is 0.253 e. The predicted octanol–water partition coefficient (Wildman–Crippen LogP) is 2.93. The van der Waals surface area contributed by atoms with Crippen LogP contribution in [0.4, 0.5) is 5.69 Å². The molecule has 0 spiro atoms. The summed E-state index contributed by atoms with van der Waals surface area (Å²) in [4.78, 5) is 38.0. The molecule has 3 rings (SSSR count). The number of carbonyl (C=O) groups excluding carboxylic acids is 3. The minimum Gasteiger partial charge on any atom is -0.366 e. The number of piperidine rings is 1. The number of carbonyl (C=O) groups is 3. The van der Waals surface area contributed by atoms with Crippen LogP contribution in [0.1, 0.15) is 33.6 Å². The molecular formula is C20H20ClN3O3. The molecule has 1 heterocycles. The highest BCUT2D eigenvalue weighted by Crippen LogP contribution is 2.21. The molecule has 140 valence electrons. The quantitative estimate of drug-likeness (QED) is 0.847. The second kappa shape index (κ2) is 8.22. The molecule has 0 aromatic heterocycles. The molecular weight excluding hydrogens is 366 g/mol. The Morgan fingerprint density at radius 1 is 1.00 bits per heavy atom. The SMILES string of the molecule is NC(=O)c1ccc(NC(=O)C2CCCN(C(=O)c3ccc(Cl)cc3)C2)cc1. The van der Waals surface area contributed by atoms with Gasteiger partial charge in [-0.25, -0.2) is 0 Å². The Kier molecular flexibility index (Phi) is 5.76. The zero-order valence-electron chi connectivity index (χ0n) is 14.7. The van der Waals surface area contributed by atoms with E-state index in [1.54, 1.807) is 53.4 Å². The van der Waals surface area contributed by atoms with Gasteiger partial charge in [0, 0.05) is 34.9 Å². The molecule has 0 aliphatic carbocycles. The van der Waals surface area contributed by atoms with Crippen LogP contribution in [-0.2, 0) is 4.79 Å². The van der Waals surface area contributed by atoms with E-state index in [9.17, 15) is 14.4 Å². The lowest BCUT2D eigenvalue weighted by Crippen LogP contribution is -2.43. The van der Waals surface area contributed by atoms with Crippen molar-refractivity contribution in [3.05, 3.63) is 64.7 Å². The van der Waals surface area contributed by atoms with Gasteiger partial charge in [-0.3, -0.25) is 14.4 Å². The Morgan fingerprint density at radius 2 is 1.63 bits per heavy atom. The number of amides is 3. The van der Waals surface area contributed by atoms with Crippen LogP contribution in [0.3, 0.4) is 0 Å². The number of hydrogen-bond acceptors (Lipinski definition) is 3. The van der Waals surface area contributed by atoms with Crippen LogP contribution in [0.2, 0.25) is 5.02 Å². The number of nitrogens with zero attached hydrogens (tertiary/aromatic N) is 1. The lowest BCUT2D eigenvalue weighted by molar-refractivity contribution is -0.121. The maximum atomic E-state index is 12.6. The number of halogens is 1. The van der Waals surface area contributed by atoms with Crippen molar-refractivity contribution in [2.75, 3.05) is 18.4 Å². The van der Waals surface area contributed by atoms with Gasteiger partial charge in [0.15, 0.2) is 0 Å². The number of likely N-dealkylation sites (tertiary alicyclic amines) is 1. The van der Waals surface area contributed by atoms with Gasteiger partial charge in [0.25, 0.3) is 5.91 Å². The lowest BCUT2D eigenvalue weighted by atomic mass is 9.96. The monoisotopic (exact) mass is 385 g/mol. The van der Waals surface area contributed by atoms with Crippen molar-refractivity contribution in [1.82, 2.24) is 4.90 Å². The van der Waals surface area contributed by atoms with Crippen molar-refractivity contribution in [3.8, 4) is 0 Å². The molecule has 3 N–H and O–H groups in total. The van der Waals surface area contributed by atoms with Gasteiger partial charge >= 0.3 is 0 Å². The molecule has 0 bridgehead atoms. The molecule has 1 saturated heterocycles. The number of nitrogens with two attached hydrogens (primary N) is 1. The van der Waals surface area contributed by atoms with E-state index < -0.39 is 5.91 Å². The molecule has 3 amide bonds. The Bertz CT molecular complexity index is 850. The van der Waals surface area contributed by atoms with Gasteiger partial charge in [0.05, 0.1) is 5.92 Å². The molecule has 27 heavy (non-hydrogen) atoms. The normalized spacial score (nSPS) is 16.6. The molecule has 1 fully saturated rings. The largest absolute Gasteiger partial charge is 0.366 e. The van der Waals surface area contributed by atoms with E-state index >= 15 is 0 Å². The summed E-state index contributed by atoms with van der Waals surface area (Å²) in [5.74, 6) is -1.05. The molecule has 0 saturated carbocycles. The highest BCUT2D eigenvalue weighted by molar-refractivity contribution is 6.30. The third-order valence-corrected chi connectivity index (χ3v) is 4.86. The van der Waals surface area contributed by atoms with Crippen LogP contribution in [0.15, 0.2) is 48.5 Å². The molecule has 1 aliphatic heterocycles. The summed E-state index contributed by atoms with van der Waals surface area (Å²) in [6, 6.07) is 13.1. The Hall–Kier alpha value is -2.86. The number of primary amides is 1. The molecule has 7 heteroatoms. The van der Waals surface area contributed by atoms with Crippen LogP contribution in [0.25, 0.3) is 0 Å². The Morgan fingerprint density at radius 3 is 2.26 bits per heavy atom. The number of benzene rings is 2. The summed E-state index contributed by atoms with van der Waals surface area (Å²) in [6.07, 6.45) is 1.48.